The molecule has 1 N–H and O–H groups in total. The van der Waals surface area contributed by atoms with Crippen LogP contribution in [-0.2, 0) is 4.74 Å². The molecule has 2 nitrogen and oxygen atoms in total. The Labute approximate surface area is 101 Å². The summed E-state index contributed by atoms with van der Waals surface area (Å²) in [5.41, 5.74) is 0. The number of nitrogens with one attached hydrogen (secondary N) is 1. The predicted molar refractivity (Wildman–Crippen MR) is 69.8 cm³/mol. The van der Waals surface area contributed by atoms with Crippen molar-refractivity contribution in [2.75, 3.05) is 6.61 Å². The van der Waals surface area contributed by atoms with Gasteiger partial charge in [-0.25, -0.2) is 0 Å². The molecule has 96 valence electrons. The van der Waals surface area contributed by atoms with Crippen molar-refractivity contribution in [2.45, 2.75) is 83.9 Å². The van der Waals surface area contributed by atoms with Crippen LogP contribution in [0.15, 0.2) is 0 Å². The summed E-state index contributed by atoms with van der Waals surface area (Å²) < 4.78 is 5.78. The molecule has 0 spiro atoms. The molecule has 1 saturated heterocycles. The van der Waals surface area contributed by atoms with Gasteiger partial charge >= 0.3 is 0 Å². The molecule has 0 aromatic rings. The number of rotatable bonds is 7. The van der Waals surface area contributed by atoms with Crippen LogP contribution in [0.25, 0.3) is 0 Å². The maximum absolute atomic E-state index is 5.78. The van der Waals surface area contributed by atoms with Crippen molar-refractivity contribution in [3.05, 3.63) is 0 Å². The van der Waals surface area contributed by atoms with Crippen LogP contribution in [0.2, 0.25) is 0 Å². The Balaban J connectivity index is 2.29. The molecule has 3 unspecified atom stereocenters. The first kappa shape index (κ1) is 14.0. The van der Waals surface area contributed by atoms with Crippen molar-refractivity contribution in [1.29, 1.82) is 0 Å². The lowest BCUT2D eigenvalue weighted by Crippen LogP contribution is -2.43. The van der Waals surface area contributed by atoms with E-state index in [1.807, 2.05) is 0 Å². The molecule has 16 heavy (non-hydrogen) atoms. The molecule has 1 heterocycles. The third-order valence-electron chi connectivity index (χ3n) is 3.58. The van der Waals surface area contributed by atoms with Crippen LogP contribution in [-0.4, -0.2) is 24.8 Å². The third-order valence-corrected chi connectivity index (χ3v) is 3.58. The Hall–Kier alpha value is -0.0800. The zero-order valence-corrected chi connectivity index (χ0v) is 11.3. The molecule has 2 heteroatoms. The van der Waals surface area contributed by atoms with Gasteiger partial charge in [0.05, 0.1) is 6.10 Å². The largest absolute Gasteiger partial charge is 0.378 e. The maximum Gasteiger partial charge on any atom is 0.0589 e. The van der Waals surface area contributed by atoms with Crippen molar-refractivity contribution in [2.24, 2.45) is 0 Å². The van der Waals surface area contributed by atoms with Gasteiger partial charge in [0.25, 0.3) is 0 Å². The molecule has 3 atom stereocenters. The second kappa shape index (κ2) is 8.08. The van der Waals surface area contributed by atoms with Gasteiger partial charge in [0.15, 0.2) is 0 Å². The van der Waals surface area contributed by atoms with Gasteiger partial charge in [-0.2, -0.15) is 0 Å². The van der Waals surface area contributed by atoms with E-state index in [1.165, 1.54) is 44.9 Å². The summed E-state index contributed by atoms with van der Waals surface area (Å²) in [5.74, 6) is 0. The fourth-order valence-corrected chi connectivity index (χ4v) is 2.64. The minimum absolute atomic E-state index is 0.510. The molecule has 0 aliphatic carbocycles. The summed E-state index contributed by atoms with van der Waals surface area (Å²) in [6, 6.07) is 1.41. The highest BCUT2D eigenvalue weighted by molar-refractivity contribution is 4.79. The minimum atomic E-state index is 0.510. The molecular weight excluding hydrogens is 198 g/mol. The van der Waals surface area contributed by atoms with Crippen molar-refractivity contribution in [3.8, 4) is 0 Å². The van der Waals surface area contributed by atoms with Crippen LogP contribution in [0.4, 0.5) is 0 Å². The Bertz CT molecular complexity index is 170. The molecule has 0 amide bonds. The van der Waals surface area contributed by atoms with E-state index in [9.17, 15) is 0 Å². The summed E-state index contributed by atoms with van der Waals surface area (Å²) in [6.45, 7) is 7.75. The molecule has 0 aromatic carbocycles. The van der Waals surface area contributed by atoms with Crippen LogP contribution < -0.4 is 5.32 Å². The molecule has 1 aliphatic heterocycles. The SMILES string of the molecule is CCCC(CC)NC1CCOC(CCC)C1. The van der Waals surface area contributed by atoms with Crippen LogP contribution in [0.1, 0.15) is 65.7 Å². The van der Waals surface area contributed by atoms with Crippen LogP contribution in [0, 0.1) is 0 Å². The second-order valence-electron chi connectivity index (χ2n) is 5.06. The van der Waals surface area contributed by atoms with E-state index in [0.29, 0.717) is 12.1 Å². The Morgan fingerprint density at radius 1 is 1.25 bits per heavy atom. The van der Waals surface area contributed by atoms with Crippen LogP contribution >= 0.6 is 0 Å². The first-order chi connectivity index (χ1) is 7.80. The molecule has 1 aliphatic rings. The van der Waals surface area contributed by atoms with E-state index in [2.05, 4.69) is 26.1 Å². The summed E-state index contributed by atoms with van der Waals surface area (Å²) in [7, 11) is 0. The lowest BCUT2D eigenvalue weighted by atomic mass is 9.98. The lowest BCUT2D eigenvalue weighted by molar-refractivity contribution is -0.00526. The van der Waals surface area contributed by atoms with E-state index >= 15 is 0 Å². The van der Waals surface area contributed by atoms with Gasteiger partial charge in [0.1, 0.15) is 0 Å². The Kier molecular flexibility index (Phi) is 7.06. The molecule has 0 aromatic heterocycles. The second-order valence-corrected chi connectivity index (χ2v) is 5.06. The molecule has 0 saturated carbocycles. The summed E-state index contributed by atoms with van der Waals surface area (Å²) in [4.78, 5) is 0. The van der Waals surface area contributed by atoms with E-state index in [1.54, 1.807) is 0 Å². The minimum Gasteiger partial charge on any atom is -0.378 e. The van der Waals surface area contributed by atoms with Crippen molar-refractivity contribution < 1.29 is 4.74 Å². The predicted octanol–water partition coefficient (Wildman–Crippen LogP) is 3.50. The van der Waals surface area contributed by atoms with Gasteiger partial charge in [-0.15, -0.1) is 0 Å². The Morgan fingerprint density at radius 3 is 2.69 bits per heavy atom. The number of ether oxygens (including phenoxy) is 1. The molecule has 1 fully saturated rings. The molecular formula is C14H29NO. The van der Waals surface area contributed by atoms with Gasteiger partial charge in [-0.05, 0) is 32.1 Å². The van der Waals surface area contributed by atoms with E-state index in [4.69, 9.17) is 4.74 Å². The van der Waals surface area contributed by atoms with E-state index < -0.39 is 0 Å². The smallest absolute Gasteiger partial charge is 0.0589 e. The highest BCUT2D eigenvalue weighted by Crippen LogP contribution is 2.19. The monoisotopic (exact) mass is 227 g/mol. The summed E-state index contributed by atoms with van der Waals surface area (Å²) in [6.07, 6.45) is 9.24. The first-order valence-electron chi connectivity index (χ1n) is 7.17. The fraction of sp³-hybridized carbons (Fsp3) is 1.00. The number of hydrogen-bond donors (Lipinski definition) is 1. The quantitative estimate of drug-likeness (QED) is 0.718. The summed E-state index contributed by atoms with van der Waals surface area (Å²) in [5, 5.41) is 3.81. The molecule has 0 bridgehead atoms. The highest BCUT2D eigenvalue weighted by atomic mass is 16.5. The molecule has 0 radical (unpaired) electrons. The fourth-order valence-electron chi connectivity index (χ4n) is 2.64. The van der Waals surface area contributed by atoms with Crippen molar-refractivity contribution >= 4 is 0 Å². The van der Waals surface area contributed by atoms with Gasteiger partial charge < -0.3 is 10.1 Å². The van der Waals surface area contributed by atoms with E-state index in [-0.39, 0.29) is 0 Å². The lowest BCUT2D eigenvalue weighted by Gasteiger charge is -2.32. The van der Waals surface area contributed by atoms with Gasteiger partial charge in [0.2, 0.25) is 0 Å². The highest BCUT2D eigenvalue weighted by Gasteiger charge is 2.23. The average Bonchev–Trinajstić information content (AvgIpc) is 2.29. The zero-order chi connectivity index (χ0) is 11.8. The first-order valence-corrected chi connectivity index (χ1v) is 7.17. The molecule has 1 rings (SSSR count). The topological polar surface area (TPSA) is 21.3 Å². The van der Waals surface area contributed by atoms with Gasteiger partial charge in [-0.3, -0.25) is 0 Å². The standard InChI is InChI=1S/C14H29NO/c1-4-7-12(6-3)15-13-9-10-16-14(11-13)8-5-2/h12-15H,4-11H2,1-3H3. The van der Waals surface area contributed by atoms with Gasteiger partial charge in [0, 0.05) is 18.7 Å². The normalized spacial score (nSPS) is 27.9. The van der Waals surface area contributed by atoms with Crippen molar-refractivity contribution in [1.82, 2.24) is 5.32 Å². The van der Waals surface area contributed by atoms with Gasteiger partial charge in [-0.1, -0.05) is 33.6 Å². The zero-order valence-electron chi connectivity index (χ0n) is 11.3. The average molecular weight is 227 g/mol. The third kappa shape index (κ3) is 4.84. The van der Waals surface area contributed by atoms with Crippen LogP contribution in [0.5, 0.6) is 0 Å². The maximum atomic E-state index is 5.78. The van der Waals surface area contributed by atoms with Crippen LogP contribution in [0.3, 0.4) is 0 Å². The van der Waals surface area contributed by atoms with E-state index in [0.717, 1.165) is 12.6 Å². The Morgan fingerprint density at radius 2 is 2.06 bits per heavy atom. The van der Waals surface area contributed by atoms with Crippen molar-refractivity contribution in [3.63, 3.8) is 0 Å². The number of hydrogen-bond acceptors (Lipinski definition) is 2. The summed E-state index contributed by atoms with van der Waals surface area (Å²) >= 11 is 0.